The lowest BCUT2D eigenvalue weighted by atomic mass is 10.3. The maximum Gasteiger partial charge on any atom is 0.0359 e. The fraction of sp³-hybridized carbons (Fsp3) is 0.538. The van der Waals surface area contributed by atoms with Gasteiger partial charge >= 0.3 is 0 Å². The van der Waals surface area contributed by atoms with Gasteiger partial charge in [-0.1, -0.05) is 6.92 Å². The monoisotopic (exact) mass is 204 g/mol. The lowest BCUT2D eigenvalue weighted by Crippen LogP contribution is -2.17. The lowest BCUT2D eigenvalue weighted by Gasteiger charge is -2.08. The van der Waals surface area contributed by atoms with Crippen molar-refractivity contribution in [1.29, 1.82) is 0 Å². The molecule has 1 N–H and O–H groups in total. The molecule has 0 spiro atoms. The van der Waals surface area contributed by atoms with Gasteiger partial charge in [-0.15, -0.1) is 12.3 Å². The maximum absolute atomic E-state index is 5.19. The van der Waals surface area contributed by atoms with E-state index in [0.717, 1.165) is 32.5 Å². The van der Waals surface area contributed by atoms with Crippen LogP contribution < -0.4 is 5.32 Å². The van der Waals surface area contributed by atoms with Gasteiger partial charge in [-0.25, -0.2) is 0 Å². The molecular formula is C13H20N2. The highest BCUT2D eigenvalue weighted by atomic mass is 15.0. The molecule has 0 aliphatic carbocycles. The van der Waals surface area contributed by atoms with E-state index in [1.54, 1.807) is 0 Å². The molecule has 2 nitrogen and oxygen atoms in total. The average molecular weight is 204 g/mol. The molecule has 0 aliphatic rings. The molecule has 0 atom stereocenters. The largest absolute Gasteiger partial charge is 0.350 e. The number of terminal acetylenes is 1. The van der Waals surface area contributed by atoms with E-state index in [0.29, 0.717) is 0 Å². The average Bonchev–Trinajstić information content (AvgIpc) is 2.66. The van der Waals surface area contributed by atoms with Gasteiger partial charge in [0.15, 0.2) is 0 Å². The maximum atomic E-state index is 5.19. The van der Waals surface area contributed by atoms with Crippen LogP contribution in [0.5, 0.6) is 0 Å². The number of unbranched alkanes of at least 4 members (excludes halogenated alkanes) is 1. The standard InChI is InChI=1S/C13H20N2/c1-3-5-6-9-14-12-13-8-7-11-15(13)10-4-2/h1,7-8,11,14H,4-6,9-10,12H2,2H3. The number of nitrogens with one attached hydrogen (secondary N) is 1. The van der Waals surface area contributed by atoms with Crippen molar-refractivity contribution in [2.75, 3.05) is 6.54 Å². The summed E-state index contributed by atoms with van der Waals surface area (Å²) in [6.07, 6.45) is 10.4. The Hall–Kier alpha value is -1.20. The highest BCUT2D eigenvalue weighted by molar-refractivity contribution is 5.06. The number of rotatable bonds is 7. The SMILES string of the molecule is C#CCCCNCc1cccn1CCC. The molecule has 0 unspecified atom stereocenters. The Balaban J connectivity index is 2.25. The van der Waals surface area contributed by atoms with E-state index in [-0.39, 0.29) is 0 Å². The van der Waals surface area contributed by atoms with Crippen molar-refractivity contribution in [2.45, 2.75) is 39.3 Å². The molecule has 0 fully saturated rings. The highest BCUT2D eigenvalue weighted by Crippen LogP contribution is 2.03. The number of aromatic nitrogens is 1. The van der Waals surface area contributed by atoms with Crippen LogP contribution in [0.1, 0.15) is 31.9 Å². The Morgan fingerprint density at radius 2 is 2.40 bits per heavy atom. The zero-order chi connectivity index (χ0) is 10.9. The van der Waals surface area contributed by atoms with Crippen molar-refractivity contribution < 1.29 is 0 Å². The normalized spacial score (nSPS) is 10.1. The third-order valence-electron chi connectivity index (χ3n) is 2.37. The van der Waals surface area contributed by atoms with Gasteiger partial charge in [0.05, 0.1) is 0 Å². The quantitative estimate of drug-likeness (QED) is 0.533. The molecule has 0 saturated carbocycles. The van der Waals surface area contributed by atoms with Gasteiger partial charge in [-0.3, -0.25) is 0 Å². The van der Waals surface area contributed by atoms with Gasteiger partial charge in [-0.2, -0.15) is 0 Å². The minimum atomic E-state index is 0.864. The van der Waals surface area contributed by atoms with Gasteiger partial charge in [0.2, 0.25) is 0 Å². The predicted octanol–water partition coefficient (Wildman–Crippen LogP) is 2.40. The molecule has 0 amide bonds. The number of hydrogen-bond acceptors (Lipinski definition) is 1. The van der Waals surface area contributed by atoms with E-state index in [1.807, 2.05) is 0 Å². The topological polar surface area (TPSA) is 17.0 Å². The molecule has 0 aromatic carbocycles. The molecular weight excluding hydrogens is 184 g/mol. The summed E-state index contributed by atoms with van der Waals surface area (Å²) in [4.78, 5) is 0. The first-order valence-electron chi connectivity index (χ1n) is 5.66. The first kappa shape index (κ1) is 11.9. The number of nitrogens with zero attached hydrogens (tertiary/aromatic N) is 1. The molecule has 0 saturated heterocycles. The van der Waals surface area contributed by atoms with Crippen LogP contribution in [0, 0.1) is 12.3 Å². The summed E-state index contributed by atoms with van der Waals surface area (Å²) in [5.74, 6) is 2.65. The van der Waals surface area contributed by atoms with Crippen LogP contribution in [0.3, 0.4) is 0 Å². The van der Waals surface area contributed by atoms with E-state index < -0.39 is 0 Å². The summed E-state index contributed by atoms with van der Waals surface area (Å²) in [6.45, 7) is 5.25. The molecule has 82 valence electrons. The molecule has 1 rings (SSSR count). The second kappa shape index (κ2) is 7.14. The molecule has 0 bridgehead atoms. The molecule has 1 aromatic rings. The third-order valence-corrected chi connectivity index (χ3v) is 2.37. The smallest absolute Gasteiger partial charge is 0.0359 e. The van der Waals surface area contributed by atoms with Crippen LogP contribution in [0.15, 0.2) is 18.3 Å². The van der Waals surface area contributed by atoms with Crippen molar-refractivity contribution in [3.8, 4) is 12.3 Å². The van der Waals surface area contributed by atoms with Crippen LogP contribution in [0.2, 0.25) is 0 Å². The molecule has 0 radical (unpaired) electrons. The first-order chi connectivity index (χ1) is 7.38. The van der Waals surface area contributed by atoms with Crippen LogP contribution in [-0.4, -0.2) is 11.1 Å². The first-order valence-corrected chi connectivity index (χ1v) is 5.66. The minimum Gasteiger partial charge on any atom is -0.350 e. The highest BCUT2D eigenvalue weighted by Gasteiger charge is 1.98. The number of hydrogen-bond donors (Lipinski definition) is 1. The van der Waals surface area contributed by atoms with E-state index in [9.17, 15) is 0 Å². The summed E-state index contributed by atoms with van der Waals surface area (Å²) in [5, 5.41) is 3.41. The summed E-state index contributed by atoms with van der Waals surface area (Å²) >= 11 is 0. The Bertz CT molecular complexity index is 307. The van der Waals surface area contributed by atoms with Crippen molar-refractivity contribution in [3.05, 3.63) is 24.0 Å². The third kappa shape index (κ3) is 4.22. The lowest BCUT2D eigenvalue weighted by molar-refractivity contribution is 0.594. The van der Waals surface area contributed by atoms with Gasteiger partial charge < -0.3 is 9.88 Å². The Labute approximate surface area is 92.7 Å². The minimum absolute atomic E-state index is 0.864. The van der Waals surface area contributed by atoms with Gasteiger partial charge in [0.25, 0.3) is 0 Å². The van der Waals surface area contributed by atoms with Gasteiger partial charge in [0.1, 0.15) is 0 Å². The molecule has 0 aliphatic heterocycles. The summed E-state index contributed by atoms with van der Waals surface area (Å²) in [7, 11) is 0. The molecule has 15 heavy (non-hydrogen) atoms. The Kier molecular flexibility index (Phi) is 5.65. The molecule has 1 heterocycles. The van der Waals surface area contributed by atoms with Crippen LogP contribution in [-0.2, 0) is 13.1 Å². The second-order valence-corrected chi connectivity index (χ2v) is 3.68. The van der Waals surface area contributed by atoms with Gasteiger partial charge in [-0.05, 0) is 31.5 Å². The van der Waals surface area contributed by atoms with Gasteiger partial charge in [0, 0.05) is 31.4 Å². The summed E-state index contributed by atoms with van der Waals surface area (Å²) < 4.78 is 2.30. The summed E-state index contributed by atoms with van der Waals surface area (Å²) in [6, 6.07) is 4.28. The van der Waals surface area contributed by atoms with E-state index in [2.05, 4.69) is 41.1 Å². The molecule has 2 heteroatoms. The van der Waals surface area contributed by atoms with Crippen molar-refractivity contribution >= 4 is 0 Å². The van der Waals surface area contributed by atoms with E-state index in [4.69, 9.17) is 6.42 Å². The van der Waals surface area contributed by atoms with Crippen molar-refractivity contribution in [2.24, 2.45) is 0 Å². The predicted molar refractivity (Wildman–Crippen MR) is 64.5 cm³/mol. The van der Waals surface area contributed by atoms with Crippen molar-refractivity contribution in [3.63, 3.8) is 0 Å². The Morgan fingerprint density at radius 1 is 1.53 bits per heavy atom. The zero-order valence-electron chi connectivity index (χ0n) is 9.50. The second-order valence-electron chi connectivity index (χ2n) is 3.68. The summed E-state index contributed by atoms with van der Waals surface area (Å²) in [5.41, 5.74) is 1.36. The van der Waals surface area contributed by atoms with E-state index in [1.165, 1.54) is 12.1 Å². The molecule has 1 aromatic heterocycles. The van der Waals surface area contributed by atoms with E-state index >= 15 is 0 Å². The Morgan fingerprint density at radius 3 is 3.13 bits per heavy atom. The zero-order valence-corrected chi connectivity index (χ0v) is 9.50. The fourth-order valence-corrected chi connectivity index (χ4v) is 1.60. The van der Waals surface area contributed by atoms with Crippen LogP contribution in [0.25, 0.3) is 0 Å². The van der Waals surface area contributed by atoms with Crippen molar-refractivity contribution in [1.82, 2.24) is 9.88 Å². The fourth-order valence-electron chi connectivity index (χ4n) is 1.60. The van der Waals surface area contributed by atoms with Crippen LogP contribution in [0.4, 0.5) is 0 Å². The van der Waals surface area contributed by atoms with Crippen LogP contribution >= 0.6 is 0 Å². The number of aryl methyl sites for hydroxylation is 1.